The lowest BCUT2D eigenvalue weighted by Crippen LogP contribution is -2.37. The molecule has 8 nitrogen and oxygen atoms in total. The first-order valence-electron chi connectivity index (χ1n) is 26.6. The minimum atomic E-state index is -4.31. The number of phosphoric acid groups is 1. The van der Waals surface area contributed by atoms with E-state index in [1.807, 2.05) is 21.1 Å². The number of likely N-dealkylation sites (N-methyl/N-ethyl adjacent to an activating group) is 1. The Hall–Kier alpha value is -3.62. The fourth-order valence-electron chi connectivity index (χ4n) is 6.38. The van der Waals surface area contributed by atoms with Gasteiger partial charge in [0.2, 0.25) is 0 Å². The molecule has 0 bridgehead atoms. The van der Waals surface area contributed by atoms with Crippen LogP contribution in [0, 0.1) is 0 Å². The van der Waals surface area contributed by atoms with Gasteiger partial charge in [0.25, 0.3) is 0 Å². The summed E-state index contributed by atoms with van der Waals surface area (Å²) < 4.78 is 35.1. The maximum atomic E-state index is 12.8. The number of rotatable bonds is 47. The third-order valence-electron chi connectivity index (χ3n) is 10.4. The van der Waals surface area contributed by atoms with E-state index in [-0.39, 0.29) is 32.2 Å². The van der Waals surface area contributed by atoms with Gasteiger partial charge in [0.15, 0.2) is 0 Å². The van der Waals surface area contributed by atoms with Gasteiger partial charge >= 0.3 is 13.8 Å². The van der Waals surface area contributed by atoms with Gasteiger partial charge < -0.3 is 18.9 Å². The van der Waals surface area contributed by atoms with E-state index in [4.69, 9.17) is 18.5 Å². The van der Waals surface area contributed by atoms with Crippen molar-refractivity contribution in [1.29, 1.82) is 0 Å². The summed E-state index contributed by atoms with van der Waals surface area (Å²) in [7, 11) is 1.61. The zero-order chi connectivity index (χ0) is 50.5. The van der Waals surface area contributed by atoms with E-state index in [1.165, 1.54) is 12.8 Å². The summed E-state index contributed by atoms with van der Waals surface area (Å²) in [4.78, 5) is 23.0. The molecule has 0 fully saturated rings. The van der Waals surface area contributed by atoms with Crippen LogP contribution >= 0.6 is 7.82 Å². The highest BCUT2D eigenvalue weighted by molar-refractivity contribution is 7.47. The van der Waals surface area contributed by atoms with Crippen LogP contribution in [0.5, 0.6) is 0 Å². The van der Waals surface area contributed by atoms with Gasteiger partial charge in [-0.25, -0.2) is 4.57 Å². The highest BCUT2D eigenvalue weighted by Crippen LogP contribution is 2.43. The summed E-state index contributed by atoms with van der Waals surface area (Å²) >= 11 is 0. The van der Waals surface area contributed by atoms with Gasteiger partial charge in [0, 0.05) is 13.0 Å². The smallest absolute Gasteiger partial charge is 0.457 e. The number of hydrogen-bond acceptors (Lipinski definition) is 6. The van der Waals surface area contributed by atoms with Crippen LogP contribution in [0.15, 0.2) is 146 Å². The molecule has 0 radical (unpaired) electrons. The number of carbonyl (C=O) groups excluding carboxylic acids is 1. The monoisotopic (exact) mass is 977 g/mol. The Morgan fingerprint density at radius 3 is 1.19 bits per heavy atom. The number of allylic oxidation sites excluding steroid dienone is 24. The van der Waals surface area contributed by atoms with Crippen molar-refractivity contribution in [3.05, 3.63) is 146 Å². The lowest BCUT2D eigenvalue weighted by Gasteiger charge is -2.24. The third-order valence-corrected chi connectivity index (χ3v) is 11.4. The molecule has 2 unspecified atom stereocenters. The summed E-state index contributed by atoms with van der Waals surface area (Å²) in [6, 6.07) is 0. The largest absolute Gasteiger partial charge is 0.472 e. The first kappa shape index (κ1) is 65.4. The first-order chi connectivity index (χ1) is 33.6. The maximum Gasteiger partial charge on any atom is 0.472 e. The fourth-order valence-corrected chi connectivity index (χ4v) is 7.12. The lowest BCUT2D eigenvalue weighted by molar-refractivity contribution is -0.870. The fraction of sp³-hybridized carbons (Fsp3) is 0.583. The van der Waals surface area contributed by atoms with Crippen LogP contribution in [0.25, 0.3) is 0 Å². The summed E-state index contributed by atoms with van der Waals surface area (Å²) in [5.41, 5.74) is 0. The number of carbonyl (C=O) groups is 1. The second-order valence-corrected chi connectivity index (χ2v) is 19.6. The van der Waals surface area contributed by atoms with Crippen molar-refractivity contribution in [1.82, 2.24) is 0 Å². The van der Waals surface area contributed by atoms with E-state index in [0.29, 0.717) is 17.6 Å². The van der Waals surface area contributed by atoms with Crippen LogP contribution in [0.2, 0.25) is 0 Å². The van der Waals surface area contributed by atoms with Crippen LogP contribution in [-0.4, -0.2) is 75.6 Å². The van der Waals surface area contributed by atoms with Gasteiger partial charge in [-0.1, -0.05) is 192 Å². The Balaban J connectivity index is 4.29. The summed E-state index contributed by atoms with van der Waals surface area (Å²) in [5.74, 6) is -0.352. The number of quaternary nitrogens is 1. The highest BCUT2D eigenvalue weighted by Gasteiger charge is 2.26. The van der Waals surface area contributed by atoms with E-state index >= 15 is 0 Å². The molecule has 0 aromatic carbocycles. The molecule has 69 heavy (non-hydrogen) atoms. The van der Waals surface area contributed by atoms with Crippen LogP contribution < -0.4 is 0 Å². The Kier molecular flexibility index (Phi) is 48.1. The number of esters is 1. The molecule has 0 aliphatic rings. The maximum absolute atomic E-state index is 12.8. The van der Waals surface area contributed by atoms with Gasteiger partial charge in [-0.05, 0) is 116 Å². The zero-order valence-corrected chi connectivity index (χ0v) is 45.1. The van der Waals surface area contributed by atoms with Gasteiger partial charge in [0.05, 0.1) is 34.4 Å². The molecular formula is C60H99NO7P+. The molecule has 0 aliphatic heterocycles. The van der Waals surface area contributed by atoms with Crippen molar-refractivity contribution in [2.45, 2.75) is 174 Å². The molecule has 0 spiro atoms. The predicted molar refractivity (Wildman–Crippen MR) is 297 cm³/mol. The number of ether oxygens (including phenoxy) is 2. The van der Waals surface area contributed by atoms with Gasteiger partial charge in [-0.15, -0.1) is 0 Å². The van der Waals surface area contributed by atoms with E-state index in [9.17, 15) is 14.3 Å². The Bertz CT molecular complexity index is 1600. The topological polar surface area (TPSA) is 91.3 Å². The first-order valence-corrected chi connectivity index (χ1v) is 28.1. The quantitative estimate of drug-likeness (QED) is 0.0214. The van der Waals surface area contributed by atoms with Crippen molar-refractivity contribution < 1.29 is 37.3 Å². The van der Waals surface area contributed by atoms with E-state index in [1.54, 1.807) is 0 Å². The van der Waals surface area contributed by atoms with Gasteiger partial charge in [-0.3, -0.25) is 13.8 Å². The molecule has 1 N–H and O–H groups in total. The SMILES string of the molecule is CC/C=C\C/C=C\C/C=C\C/C=C\C/C=C\C/C=C\CCCCCCCOCC(COP(=O)(O)OCC[N+](C)(C)C)OC(=O)CCCCCC/C=C\C/C=C\C/C=C\C/C=C\C/C=C\C/C=C\CC. The average Bonchev–Trinajstić information content (AvgIpc) is 3.31. The Morgan fingerprint density at radius 1 is 0.449 bits per heavy atom. The second-order valence-electron chi connectivity index (χ2n) is 18.1. The summed E-state index contributed by atoms with van der Waals surface area (Å²) in [6.45, 7) is 5.27. The van der Waals surface area contributed by atoms with Crippen LogP contribution in [-0.2, 0) is 27.9 Å². The molecular weight excluding hydrogens is 878 g/mol. The van der Waals surface area contributed by atoms with Crippen LogP contribution in [0.4, 0.5) is 0 Å². The number of unbranched alkanes of at least 4 members (excludes halogenated alkanes) is 9. The minimum absolute atomic E-state index is 0.0692. The van der Waals surface area contributed by atoms with Crippen molar-refractivity contribution in [2.75, 3.05) is 54.1 Å². The molecule has 0 amide bonds. The molecule has 0 saturated carbocycles. The average molecular weight is 977 g/mol. The predicted octanol–water partition coefficient (Wildman–Crippen LogP) is 16.8. The normalized spacial score (nSPS) is 14.7. The molecule has 0 aliphatic carbocycles. The molecule has 9 heteroatoms. The van der Waals surface area contributed by atoms with E-state index < -0.39 is 13.9 Å². The molecule has 0 saturated heterocycles. The number of phosphoric ester groups is 1. The molecule has 2 atom stereocenters. The van der Waals surface area contributed by atoms with Crippen molar-refractivity contribution in [3.8, 4) is 0 Å². The number of nitrogens with zero attached hydrogens (tertiary/aromatic N) is 1. The van der Waals surface area contributed by atoms with E-state index in [2.05, 4.69) is 160 Å². The highest BCUT2D eigenvalue weighted by atomic mass is 31.2. The molecule has 0 rings (SSSR count). The van der Waals surface area contributed by atoms with Gasteiger partial charge in [0.1, 0.15) is 19.3 Å². The number of hydrogen-bond donors (Lipinski definition) is 1. The van der Waals surface area contributed by atoms with Crippen LogP contribution in [0.3, 0.4) is 0 Å². The minimum Gasteiger partial charge on any atom is -0.457 e. The van der Waals surface area contributed by atoms with E-state index in [0.717, 1.165) is 135 Å². The zero-order valence-electron chi connectivity index (χ0n) is 44.2. The molecule has 0 aromatic heterocycles. The Morgan fingerprint density at radius 2 is 0.797 bits per heavy atom. The lowest BCUT2D eigenvalue weighted by atomic mass is 10.1. The second kappa shape index (κ2) is 50.8. The molecule has 0 heterocycles. The summed E-state index contributed by atoms with van der Waals surface area (Å²) in [5, 5.41) is 0. The molecule has 0 aromatic rings. The van der Waals surface area contributed by atoms with Crippen molar-refractivity contribution in [3.63, 3.8) is 0 Å². The third kappa shape index (κ3) is 55.2. The Labute approximate surface area is 423 Å². The molecule has 390 valence electrons. The standard InChI is InChI=1S/C60H98NO7P/c1-6-8-10-12-14-16-18-20-22-24-26-28-30-32-34-36-38-40-42-44-46-48-50-52-55-65-57-59(58-67-69(63,64)66-56-54-61(3,4)5)68-60(62)53-51-49-47-45-43-41-39-37-35-33-31-29-27-25-23-21-19-17-15-13-11-9-7-2/h8-11,14-17,20-23,26-29,32-35,38-41,59H,6-7,12-13,18-19,24-25,30-31,36-37,42-58H2,1-5H3/p+1/b10-8-,11-9-,16-14-,17-15-,22-20-,23-21-,28-26-,29-27-,34-32-,35-33-,40-38-,41-39-. The van der Waals surface area contributed by atoms with Gasteiger partial charge in [-0.2, -0.15) is 0 Å². The van der Waals surface area contributed by atoms with Crippen molar-refractivity contribution >= 4 is 13.8 Å². The van der Waals surface area contributed by atoms with Crippen molar-refractivity contribution in [2.24, 2.45) is 0 Å². The van der Waals surface area contributed by atoms with Crippen LogP contribution in [0.1, 0.15) is 168 Å². The summed E-state index contributed by atoms with van der Waals surface area (Å²) in [6.07, 6.45) is 76.1.